The van der Waals surface area contributed by atoms with Crippen molar-refractivity contribution in [3.05, 3.63) is 133 Å². The molecule has 3 nitrogen and oxygen atoms in total. The summed E-state index contributed by atoms with van der Waals surface area (Å²) in [6.07, 6.45) is 0. The molecular weight excluding hydrogens is 486 g/mol. The number of rotatable bonds is 2. The predicted octanol–water partition coefficient (Wildman–Crippen LogP) is 9.53. The van der Waals surface area contributed by atoms with Gasteiger partial charge in [-0.1, -0.05) is 84.9 Å². The summed E-state index contributed by atoms with van der Waals surface area (Å²) in [7, 11) is 2.20. The molecule has 0 atom stereocenters. The average Bonchev–Trinajstić information content (AvgIpc) is 3.63. The zero-order chi connectivity index (χ0) is 26.4. The summed E-state index contributed by atoms with van der Waals surface area (Å²) in [6, 6.07) is 48.5. The first-order chi connectivity index (χ1) is 19.8. The van der Waals surface area contributed by atoms with E-state index in [1.807, 2.05) is 0 Å². The third-order valence-electron chi connectivity index (χ3n) is 8.63. The minimum Gasteiger partial charge on any atom is -0.342 e. The van der Waals surface area contributed by atoms with Crippen molar-refractivity contribution in [3.63, 3.8) is 0 Å². The Morgan fingerprint density at radius 3 is 1.60 bits per heavy atom. The summed E-state index contributed by atoms with van der Waals surface area (Å²) in [5.41, 5.74) is 9.78. The summed E-state index contributed by atoms with van der Waals surface area (Å²) >= 11 is 0. The number of hydrogen-bond donors (Lipinski definition) is 0. The van der Waals surface area contributed by atoms with Gasteiger partial charge in [0.15, 0.2) is 0 Å². The van der Waals surface area contributed by atoms with Crippen molar-refractivity contribution in [3.8, 4) is 11.4 Å². The van der Waals surface area contributed by atoms with Gasteiger partial charge in [0.1, 0.15) is 0 Å². The first-order valence-corrected chi connectivity index (χ1v) is 13.8. The monoisotopic (exact) mass is 511 g/mol. The second-order valence-electron chi connectivity index (χ2n) is 10.7. The zero-order valence-corrected chi connectivity index (χ0v) is 22.0. The van der Waals surface area contributed by atoms with E-state index in [-0.39, 0.29) is 0 Å². The Morgan fingerprint density at radius 1 is 0.350 bits per heavy atom. The molecule has 3 heteroatoms. The molecule has 3 heterocycles. The molecule has 0 aliphatic heterocycles. The lowest BCUT2D eigenvalue weighted by atomic mass is 10.1. The number of nitrogens with zero attached hydrogens (tertiary/aromatic N) is 3. The number of hydrogen-bond acceptors (Lipinski definition) is 0. The van der Waals surface area contributed by atoms with Gasteiger partial charge in [-0.05, 0) is 48.5 Å². The van der Waals surface area contributed by atoms with Crippen LogP contribution in [0.4, 0.5) is 0 Å². The molecule has 0 radical (unpaired) electrons. The topological polar surface area (TPSA) is 14.8 Å². The fourth-order valence-corrected chi connectivity index (χ4v) is 6.93. The van der Waals surface area contributed by atoms with Gasteiger partial charge in [-0.15, -0.1) is 0 Å². The Labute approximate surface area is 230 Å². The summed E-state index contributed by atoms with van der Waals surface area (Å²) in [6.45, 7) is 0. The molecule has 0 aliphatic rings. The third-order valence-corrected chi connectivity index (χ3v) is 8.63. The Bertz CT molecular complexity index is 2430. The van der Waals surface area contributed by atoms with Crippen molar-refractivity contribution in [2.75, 3.05) is 0 Å². The maximum absolute atomic E-state index is 2.47. The smallest absolute Gasteiger partial charge is 0.0785 e. The summed E-state index contributed by atoms with van der Waals surface area (Å²) in [5, 5.41) is 7.65. The first-order valence-electron chi connectivity index (χ1n) is 13.8. The molecule has 9 aromatic rings. The minimum atomic E-state index is 1.17. The maximum atomic E-state index is 2.47. The minimum absolute atomic E-state index is 1.17. The van der Waals surface area contributed by atoms with Crippen molar-refractivity contribution in [1.82, 2.24) is 13.7 Å². The number of fused-ring (bicyclic) bond motifs is 10. The molecule has 0 saturated heterocycles. The van der Waals surface area contributed by atoms with Crippen LogP contribution in [-0.2, 0) is 7.05 Å². The Morgan fingerprint density at radius 2 is 0.875 bits per heavy atom. The van der Waals surface area contributed by atoms with Crippen LogP contribution in [0.3, 0.4) is 0 Å². The van der Waals surface area contributed by atoms with Crippen molar-refractivity contribution in [2.45, 2.75) is 0 Å². The molecule has 3 aromatic heterocycles. The van der Waals surface area contributed by atoms with Crippen LogP contribution in [0.2, 0.25) is 0 Å². The highest BCUT2D eigenvalue weighted by molar-refractivity contribution is 6.23. The van der Waals surface area contributed by atoms with Gasteiger partial charge in [0.05, 0.1) is 27.6 Å². The van der Waals surface area contributed by atoms with Gasteiger partial charge in [-0.25, -0.2) is 0 Å². The van der Waals surface area contributed by atoms with Gasteiger partial charge in [0.2, 0.25) is 0 Å². The van der Waals surface area contributed by atoms with Crippen LogP contribution in [0.5, 0.6) is 0 Å². The van der Waals surface area contributed by atoms with Crippen LogP contribution in [0.1, 0.15) is 0 Å². The molecule has 0 saturated carbocycles. The molecular formula is C37H25N3. The number of benzene rings is 6. The van der Waals surface area contributed by atoms with Gasteiger partial charge >= 0.3 is 0 Å². The van der Waals surface area contributed by atoms with E-state index in [4.69, 9.17) is 0 Å². The third kappa shape index (κ3) is 2.73. The van der Waals surface area contributed by atoms with E-state index >= 15 is 0 Å². The number of aryl methyl sites for hydroxylation is 1. The lowest BCUT2D eigenvalue weighted by Gasteiger charge is -2.11. The highest BCUT2D eigenvalue weighted by Crippen LogP contribution is 2.41. The van der Waals surface area contributed by atoms with Gasteiger partial charge in [-0.3, -0.25) is 0 Å². The van der Waals surface area contributed by atoms with Gasteiger partial charge < -0.3 is 13.7 Å². The molecule has 0 unspecified atom stereocenters. The van der Waals surface area contributed by atoms with Crippen LogP contribution in [0.25, 0.3) is 76.8 Å². The van der Waals surface area contributed by atoms with Crippen LogP contribution < -0.4 is 0 Å². The second-order valence-corrected chi connectivity index (χ2v) is 10.7. The molecule has 0 bridgehead atoms. The van der Waals surface area contributed by atoms with Crippen LogP contribution in [0.15, 0.2) is 133 Å². The highest BCUT2D eigenvalue weighted by atomic mass is 15.0. The fourth-order valence-electron chi connectivity index (χ4n) is 6.93. The first kappa shape index (κ1) is 21.6. The summed E-state index contributed by atoms with van der Waals surface area (Å²) in [4.78, 5) is 0. The molecule has 6 aromatic carbocycles. The van der Waals surface area contributed by atoms with Crippen molar-refractivity contribution in [2.24, 2.45) is 7.05 Å². The lowest BCUT2D eigenvalue weighted by molar-refractivity contribution is 1.01. The molecule has 0 fully saturated rings. The Kier molecular flexibility index (Phi) is 4.26. The predicted molar refractivity (Wildman–Crippen MR) is 169 cm³/mol. The van der Waals surface area contributed by atoms with Crippen LogP contribution in [0, 0.1) is 0 Å². The largest absolute Gasteiger partial charge is 0.342 e. The maximum Gasteiger partial charge on any atom is 0.0785 e. The van der Waals surface area contributed by atoms with Crippen molar-refractivity contribution >= 4 is 65.4 Å². The standard InChI is InChI=1S/C37H25N3/c1-38-32-16-8-5-13-26(32)29-20-21-30-27-14-6-10-18-34(27)40(37(30)36(29)38)25-19-22-35-31(23-25)28-15-7-9-17-33(28)39(35)24-11-3-2-4-12-24/h2-23H,1H3. The van der Waals surface area contributed by atoms with E-state index in [0.717, 1.165) is 0 Å². The number of para-hydroxylation sites is 4. The molecule has 188 valence electrons. The van der Waals surface area contributed by atoms with E-state index in [1.54, 1.807) is 0 Å². The van der Waals surface area contributed by atoms with Crippen molar-refractivity contribution < 1.29 is 0 Å². The van der Waals surface area contributed by atoms with Crippen molar-refractivity contribution in [1.29, 1.82) is 0 Å². The molecule has 0 N–H and O–H groups in total. The van der Waals surface area contributed by atoms with Gasteiger partial charge in [0.25, 0.3) is 0 Å². The molecule has 0 spiro atoms. The second kappa shape index (κ2) is 7.87. The summed E-state index contributed by atoms with van der Waals surface area (Å²) in [5.74, 6) is 0. The van der Waals surface area contributed by atoms with E-state index < -0.39 is 0 Å². The average molecular weight is 512 g/mol. The van der Waals surface area contributed by atoms with E-state index in [1.165, 1.54) is 76.8 Å². The molecule has 0 aliphatic carbocycles. The molecule has 9 rings (SSSR count). The summed E-state index contributed by atoms with van der Waals surface area (Å²) < 4.78 is 7.21. The van der Waals surface area contributed by atoms with Crippen LogP contribution in [-0.4, -0.2) is 13.7 Å². The molecule has 0 amide bonds. The van der Waals surface area contributed by atoms with E-state index in [0.29, 0.717) is 0 Å². The van der Waals surface area contributed by atoms with Gasteiger partial charge in [-0.2, -0.15) is 0 Å². The van der Waals surface area contributed by atoms with Gasteiger partial charge in [0, 0.05) is 56.3 Å². The highest BCUT2D eigenvalue weighted by Gasteiger charge is 2.20. The lowest BCUT2D eigenvalue weighted by Crippen LogP contribution is -1.97. The fraction of sp³-hybridized carbons (Fsp3) is 0.0270. The Balaban J connectivity index is 1.44. The Hall–Kier alpha value is -5.28. The molecule has 40 heavy (non-hydrogen) atoms. The quantitative estimate of drug-likeness (QED) is 0.219. The normalized spacial score (nSPS) is 12.1. The number of aromatic nitrogens is 3. The van der Waals surface area contributed by atoms with E-state index in [9.17, 15) is 0 Å². The zero-order valence-electron chi connectivity index (χ0n) is 22.0. The van der Waals surface area contributed by atoms with E-state index in [2.05, 4.69) is 154 Å². The SMILES string of the molecule is Cn1c2ccccc2c2ccc3c4ccccc4n(-c4ccc5c(c4)c4ccccc4n5-c4ccccc4)c3c21. The van der Waals surface area contributed by atoms with Crippen LogP contribution >= 0.6 is 0 Å².